The summed E-state index contributed by atoms with van der Waals surface area (Å²) in [5, 5.41) is 18.2. The Balaban J connectivity index is 2.11. The van der Waals surface area contributed by atoms with Gasteiger partial charge in [-0.15, -0.1) is 0 Å². The molecule has 0 aliphatic heterocycles. The van der Waals surface area contributed by atoms with Crippen LogP contribution in [0.15, 0.2) is 30.3 Å². The number of aliphatic hydroxyl groups excluding tert-OH is 2. The van der Waals surface area contributed by atoms with Gasteiger partial charge in [0.25, 0.3) is 0 Å². The van der Waals surface area contributed by atoms with Crippen LogP contribution in [-0.4, -0.2) is 46.5 Å². The number of aliphatic hydroxyl groups is 2. The third-order valence-electron chi connectivity index (χ3n) is 3.34. The van der Waals surface area contributed by atoms with Gasteiger partial charge in [0.15, 0.2) is 0 Å². The van der Waals surface area contributed by atoms with E-state index < -0.39 is 0 Å². The van der Waals surface area contributed by atoms with E-state index >= 15 is 0 Å². The predicted molar refractivity (Wildman–Crippen MR) is 92.9 cm³/mol. The van der Waals surface area contributed by atoms with Crippen molar-refractivity contribution in [2.24, 2.45) is 0 Å². The highest BCUT2D eigenvalue weighted by molar-refractivity contribution is 5.69. The summed E-state index contributed by atoms with van der Waals surface area (Å²) in [7, 11) is 0. The Morgan fingerprint density at radius 3 is 2.26 bits per heavy atom. The second-order valence-corrected chi connectivity index (χ2v) is 5.15. The van der Waals surface area contributed by atoms with Crippen molar-refractivity contribution in [1.82, 2.24) is 9.97 Å². The molecule has 0 amide bonds. The van der Waals surface area contributed by atoms with Crippen molar-refractivity contribution in [2.75, 3.05) is 36.9 Å². The third-order valence-corrected chi connectivity index (χ3v) is 3.34. The van der Waals surface area contributed by atoms with Crippen LogP contribution in [0.25, 0.3) is 12.2 Å². The Morgan fingerprint density at radius 1 is 1.04 bits per heavy atom. The second-order valence-electron chi connectivity index (χ2n) is 5.15. The SMILES string of the molecule is Cc1cc(/C=C/c2ccc(N(CCO)CCO)cc2)nc(N)n1. The van der Waals surface area contributed by atoms with E-state index in [0.717, 1.165) is 22.6 Å². The van der Waals surface area contributed by atoms with Crippen molar-refractivity contribution in [3.63, 3.8) is 0 Å². The molecule has 0 radical (unpaired) electrons. The van der Waals surface area contributed by atoms with Crippen LogP contribution in [0.5, 0.6) is 0 Å². The van der Waals surface area contributed by atoms with E-state index in [1.54, 1.807) is 0 Å². The minimum absolute atomic E-state index is 0.0517. The fourth-order valence-corrected chi connectivity index (χ4v) is 2.29. The number of aryl methyl sites for hydroxylation is 1. The van der Waals surface area contributed by atoms with Crippen LogP contribution in [0.3, 0.4) is 0 Å². The smallest absolute Gasteiger partial charge is 0.220 e. The summed E-state index contributed by atoms with van der Waals surface area (Å²) in [6, 6.07) is 9.75. The molecule has 0 aliphatic rings. The summed E-state index contributed by atoms with van der Waals surface area (Å²) < 4.78 is 0. The van der Waals surface area contributed by atoms with Gasteiger partial charge in [-0.2, -0.15) is 0 Å². The number of aromatic nitrogens is 2. The number of nitrogen functional groups attached to an aromatic ring is 1. The fourth-order valence-electron chi connectivity index (χ4n) is 2.29. The molecular formula is C17H22N4O2. The lowest BCUT2D eigenvalue weighted by Crippen LogP contribution is -2.29. The molecule has 6 nitrogen and oxygen atoms in total. The molecule has 0 saturated heterocycles. The van der Waals surface area contributed by atoms with E-state index in [9.17, 15) is 0 Å². The van der Waals surface area contributed by atoms with Crippen LogP contribution < -0.4 is 10.6 Å². The Morgan fingerprint density at radius 2 is 1.70 bits per heavy atom. The fraction of sp³-hybridized carbons (Fsp3) is 0.294. The maximum atomic E-state index is 9.08. The molecule has 2 aromatic rings. The molecule has 23 heavy (non-hydrogen) atoms. The highest BCUT2D eigenvalue weighted by Crippen LogP contribution is 2.16. The number of nitrogens with zero attached hydrogens (tertiary/aromatic N) is 3. The largest absolute Gasteiger partial charge is 0.395 e. The van der Waals surface area contributed by atoms with Crippen LogP contribution in [0, 0.1) is 6.92 Å². The summed E-state index contributed by atoms with van der Waals surface area (Å²) >= 11 is 0. The lowest BCUT2D eigenvalue weighted by atomic mass is 10.1. The lowest BCUT2D eigenvalue weighted by molar-refractivity contribution is 0.281. The minimum Gasteiger partial charge on any atom is -0.395 e. The Labute approximate surface area is 135 Å². The highest BCUT2D eigenvalue weighted by Gasteiger charge is 2.04. The standard InChI is InChI=1S/C17H22N4O2/c1-13-12-15(20-17(18)19-13)5-2-14-3-6-16(7-4-14)21(8-10-22)9-11-23/h2-7,12,22-23H,8-11H2,1H3,(H2,18,19,20)/b5-2+. The predicted octanol–water partition coefficient (Wildman–Crippen LogP) is 1.33. The third kappa shape index (κ3) is 5.05. The van der Waals surface area contributed by atoms with Crippen molar-refractivity contribution >= 4 is 23.8 Å². The molecule has 0 atom stereocenters. The monoisotopic (exact) mass is 314 g/mol. The molecule has 0 aliphatic carbocycles. The maximum absolute atomic E-state index is 9.08. The molecule has 0 spiro atoms. The second kappa shape index (κ2) is 8.26. The molecule has 122 valence electrons. The molecule has 0 saturated carbocycles. The first kappa shape index (κ1) is 16.9. The minimum atomic E-state index is 0.0517. The van der Waals surface area contributed by atoms with Crippen LogP contribution >= 0.6 is 0 Å². The van der Waals surface area contributed by atoms with Gasteiger partial charge in [0, 0.05) is 24.5 Å². The van der Waals surface area contributed by atoms with Crippen LogP contribution in [0.2, 0.25) is 0 Å². The highest BCUT2D eigenvalue weighted by atomic mass is 16.3. The van der Waals surface area contributed by atoms with E-state index in [1.807, 2.05) is 54.3 Å². The Hall–Kier alpha value is -2.44. The molecule has 1 aromatic heterocycles. The zero-order valence-electron chi connectivity index (χ0n) is 13.2. The average Bonchev–Trinajstić information content (AvgIpc) is 2.52. The van der Waals surface area contributed by atoms with Gasteiger partial charge in [0.2, 0.25) is 5.95 Å². The Bertz CT molecular complexity index is 630. The van der Waals surface area contributed by atoms with Crippen LogP contribution in [-0.2, 0) is 0 Å². The summed E-state index contributed by atoms with van der Waals surface area (Å²) in [4.78, 5) is 10.1. The normalized spacial score (nSPS) is 11.1. The van der Waals surface area contributed by atoms with E-state index in [2.05, 4.69) is 9.97 Å². The summed E-state index contributed by atoms with van der Waals surface area (Å²) in [6.45, 7) is 2.97. The number of anilines is 2. The first-order valence-electron chi connectivity index (χ1n) is 7.48. The topological polar surface area (TPSA) is 95.5 Å². The van der Waals surface area contributed by atoms with E-state index in [1.165, 1.54) is 0 Å². The first-order chi connectivity index (χ1) is 11.1. The van der Waals surface area contributed by atoms with Gasteiger partial charge in [0.05, 0.1) is 18.9 Å². The molecular weight excluding hydrogens is 292 g/mol. The maximum Gasteiger partial charge on any atom is 0.220 e. The van der Waals surface area contributed by atoms with E-state index in [0.29, 0.717) is 13.1 Å². The zero-order chi connectivity index (χ0) is 16.7. The lowest BCUT2D eigenvalue weighted by Gasteiger charge is -2.22. The molecule has 4 N–H and O–H groups in total. The van der Waals surface area contributed by atoms with Crippen molar-refractivity contribution in [1.29, 1.82) is 0 Å². The first-order valence-corrected chi connectivity index (χ1v) is 7.48. The number of benzene rings is 1. The summed E-state index contributed by atoms with van der Waals surface area (Å²) in [5.74, 6) is 0.267. The number of hydrogen-bond donors (Lipinski definition) is 3. The quantitative estimate of drug-likeness (QED) is 0.713. The summed E-state index contributed by atoms with van der Waals surface area (Å²) in [5.41, 5.74) is 9.22. The van der Waals surface area contributed by atoms with Gasteiger partial charge in [-0.3, -0.25) is 0 Å². The van der Waals surface area contributed by atoms with Gasteiger partial charge in [0.1, 0.15) is 0 Å². The van der Waals surface area contributed by atoms with Crippen molar-refractivity contribution in [3.05, 3.63) is 47.3 Å². The molecule has 0 bridgehead atoms. The van der Waals surface area contributed by atoms with Gasteiger partial charge >= 0.3 is 0 Å². The van der Waals surface area contributed by atoms with Gasteiger partial charge in [-0.05, 0) is 36.8 Å². The number of nitrogens with two attached hydrogens (primary N) is 1. The zero-order valence-corrected chi connectivity index (χ0v) is 13.2. The average molecular weight is 314 g/mol. The molecule has 1 aromatic carbocycles. The van der Waals surface area contributed by atoms with Crippen molar-refractivity contribution < 1.29 is 10.2 Å². The molecule has 2 rings (SSSR count). The van der Waals surface area contributed by atoms with Crippen molar-refractivity contribution in [2.45, 2.75) is 6.92 Å². The number of rotatable bonds is 7. The molecule has 0 unspecified atom stereocenters. The van der Waals surface area contributed by atoms with Crippen LogP contribution in [0.1, 0.15) is 17.0 Å². The van der Waals surface area contributed by atoms with Gasteiger partial charge in [-0.25, -0.2) is 9.97 Å². The number of hydrogen-bond acceptors (Lipinski definition) is 6. The van der Waals surface area contributed by atoms with E-state index in [4.69, 9.17) is 15.9 Å². The van der Waals surface area contributed by atoms with Crippen molar-refractivity contribution in [3.8, 4) is 0 Å². The van der Waals surface area contributed by atoms with E-state index in [-0.39, 0.29) is 19.2 Å². The van der Waals surface area contributed by atoms with Crippen LogP contribution in [0.4, 0.5) is 11.6 Å². The Kier molecular flexibility index (Phi) is 6.08. The van der Waals surface area contributed by atoms with Gasteiger partial charge in [-0.1, -0.05) is 18.2 Å². The summed E-state index contributed by atoms with van der Waals surface area (Å²) in [6.07, 6.45) is 3.84. The van der Waals surface area contributed by atoms with Gasteiger partial charge < -0.3 is 20.8 Å². The molecule has 1 heterocycles. The molecule has 6 heteroatoms. The molecule has 0 fully saturated rings.